The van der Waals surface area contributed by atoms with Crippen LogP contribution < -0.4 is 0 Å². The molecule has 0 aliphatic carbocycles. The van der Waals surface area contributed by atoms with E-state index in [9.17, 15) is 9.59 Å². The van der Waals surface area contributed by atoms with E-state index < -0.39 is 5.97 Å². The Bertz CT molecular complexity index is 462. The number of ether oxygens (including phenoxy) is 1. The van der Waals surface area contributed by atoms with Gasteiger partial charge in [-0.2, -0.15) is 5.26 Å². The lowest BCUT2D eigenvalue weighted by Crippen LogP contribution is -2.03. The van der Waals surface area contributed by atoms with Gasteiger partial charge in [0.15, 0.2) is 6.29 Å². The molecule has 0 unspecified atom stereocenters. The molecule has 1 rings (SSSR count). The number of rotatable bonds is 2. The van der Waals surface area contributed by atoms with E-state index in [1.165, 1.54) is 19.2 Å². The standard InChI is InChI=1S/C10H7NO3S/c1-14-10(13)6-2-7(5-12)8(4-11)9(15)3-6/h2-3,5,15H,1H3. The van der Waals surface area contributed by atoms with Crippen LogP contribution in [0.4, 0.5) is 0 Å². The van der Waals surface area contributed by atoms with Gasteiger partial charge in [0.2, 0.25) is 0 Å². The van der Waals surface area contributed by atoms with Crippen LogP contribution in [0.25, 0.3) is 0 Å². The largest absolute Gasteiger partial charge is 0.465 e. The van der Waals surface area contributed by atoms with Crippen LogP contribution in [0.2, 0.25) is 0 Å². The van der Waals surface area contributed by atoms with Crippen LogP contribution in [-0.2, 0) is 4.74 Å². The van der Waals surface area contributed by atoms with Crippen molar-refractivity contribution in [2.75, 3.05) is 7.11 Å². The molecule has 76 valence electrons. The van der Waals surface area contributed by atoms with Gasteiger partial charge in [-0.05, 0) is 12.1 Å². The van der Waals surface area contributed by atoms with Gasteiger partial charge in [0.25, 0.3) is 0 Å². The number of benzene rings is 1. The molecule has 0 aromatic heterocycles. The zero-order valence-corrected chi connectivity index (χ0v) is 8.75. The molecule has 15 heavy (non-hydrogen) atoms. The van der Waals surface area contributed by atoms with E-state index in [0.717, 1.165) is 0 Å². The van der Waals surface area contributed by atoms with Crippen molar-refractivity contribution in [3.05, 3.63) is 28.8 Å². The average molecular weight is 221 g/mol. The summed E-state index contributed by atoms with van der Waals surface area (Å²) >= 11 is 4.02. The first-order chi connectivity index (χ1) is 7.13. The molecule has 0 amide bonds. The summed E-state index contributed by atoms with van der Waals surface area (Å²) in [5.41, 5.74) is 0.481. The minimum Gasteiger partial charge on any atom is -0.465 e. The van der Waals surface area contributed by atoms with Crippen molar-refractivity contribution in [3.8, 4) is 6.07 Å². The molecule has 5 heteroatoms. The molecular weight excluding hydrogens is 214 g/mol. The highest BCUT2D eigenvalue weighted by molar-refractivity contribution is 7.80. The number of aldehydes is 1. The lowest BCUT2D eigenvalue weighted by molar-refractivity contribution is 0.0600. The summed E-state index contributed by atoms with van der Waals surface area (Å²) in [5, 5.41) is 8.74. The van der Waals surface area contributed by atoms with E-state index in [0.29, 0.717) is 6.29 Å². The van der Waals surface area contributed by atoms with E-state index in [2.05, 4.69) is 17.4 Å². The maximum Gasteiger partial charge on any atom is 0.337 e. The fourth-order valence-electron chi connectivity index (χ4n) is 1.10. The molecule has 0 aliphatic heterocycles. The van der Waals surface area contributed by atoms with Crippen molar-refractivity contribution in [3.63, 3.8) is 0 Å². The van der Waals surface area contributed by atoms with Crippen LogP contribution in [0, 0.1) is 11.3 Å². The second-order valence-electron chi connectivity index (χ2n) is 2.68. The van der Waals surface area contributed by atoms with Crippen LogP contribution in [0.5, 0.6) is 0 Å². The number of carbonyl (C=O) groups is 2. The third-order valence-electron chi connectivity index (χ3n) is 1.81. The molecule has 0 atom stereocenters. The fraction of sp³-hybridized carbons (Fsp3) is 0.100. The van der Waals surface area contributed by atoms with Crippen molar-refractivity contribution in [2.24, 2.45) is 0 Å². The van der Waals surface area contributed by atoms with Crippen LogP contribution in [0.1, 0.15) is 26.3 Å². The van der Waals surface area contributed by atoms with E-state index in [-0.39, 0.29) is 21.6 Å². The number of thiol groups is 1. The Morgan fingerprint density at radius 3 is 2.73 bits per heavy atom. The third-order valence-corrected chi connectivity index (χ3v) is 2.16. The summed E-state index contributed by atoms with van der Waals surface area (Å²) in [4.78, 5) is 22.1. The normalized spacial score (nSPS) is 9.13. The van der Waals surface area contributed by atoms with Crippen LogP contribution in [0.3, 0.4) is 0 Å². The molecule has 1 aromatic carbocycles. The molecule has 0 N–H and O–H groups in total. The second kappa shape index (κ2) is 4.62. The Kier molecular flexibility index (Phi) is 3.47. The lowest BCUT2D eigenvalue weighted by Gasteiger charge is -2.04. The van der Waals surface area contributed by atoms with Gasteiger partial charge in [0, 0.05) is 10.5 Å². The molecule has 0 bridgehead atoms. The molecule has 1 aromatic rings. The Hall–Kier alpha value is -1.80. The monoisotopic (exact) mass is 221 g/mol. The van der Waals surface area contributed by atoms with Crippen molar-refractivity contribution < 1.29 is 14.3 Å². The van der Waals surface area contributed by atoms with Crippen molar-refractivity contribution >= 4 is 24.9 Å². The first kappa shape index (κ1) is 11.3. The van der Waals surface area contributed by atoms with Gasteiger partial charge in [0.05, 0.1) is 18.2 Å². The number of nitrogens with zero attached hydrogens (tertiary/aromatic N) is 1. The third kappa shape index (κ3) is 2.17. The number of hydrogen-bond acceptors (Lipinski definition) is 5. The molecule has 0 aliphatic rings. The predicted molar refractivity (Wildman–Crippen MR) is 55.1 cm³/mol. The Labute approximate surface area is 91.9 Å². The summed E-state index contributed by atoms with van der Waals surface area (Å²) in [6.07, 6.45) is 0.505. The van der Waals surface area contributed by atoms with E-state index in [1.54, 1.807) is 0 Å². The van der Waals surface area contributed by atoms with Gasteiger partial charge in [-0.15, -0.1) is 12.6 Å². The number of hydrogen-bond donors (Lipinski definition) is 1. The maximum absolute atomic E-state index is 11.2. The molecular formula is C10H7NO3S. The number of nitriles is 1. The topological polar surface area (TPSA) is 67.2 Å². The van der Waals surface area contributed by atoms with E-state index in [1.807, 2.05) is 6.07 Å². The molecule has 0 heterocycles. The molecule has 0 radical (unpaired) electrons. The van der Waals surface area contributed by atoms with Crippen molar-refractivity contribution in [1.82, 2.24) is 0 Å². The molecule has 0 spiro atoms. The SMILES string of the molecule is COC(=O)c1cc(S)c(C#N)c(C=O)c1. The van der Waals surface area contributed by atoms with Gasteiger partial charge in [-0.3, -0.25) is 4.79 Å². The zero-order valence-electron chi connectivity index (χ0n) is 7.85. The minimum atomic E-state index is -0.571. The zero-order chi connectivity index (χ0) is 11.4. The van der Waals surface area contributed by atoms with Crippen LogP contribution in [0.15, 0.2) is 17.0 Å². The van der Waals surface area contributed by atoms with Gasteiger partial charge in [0.1, 0.15) is 6.07 Å². The summed E-state index contributed by atoms with van der Waals surface area (Å²) in [7, 11) is 1.24. The highest BCUT2D eigenvalue weighted by Crippen LogP contribution is 2.19. The Morgan fingerprint density at radius 1 is 1.60 bits per heavy atom. The number of carbonyl (C=O) groups excluding carboxylic acids is 2. The van der Waals surface area contributed by atoms with Crippen molar-refractivity contribution in [1.29, 1.82) is 5.26 Å². The Balaban J connectivity index is 3.39. The number of esters is 1. The molecule has 0 saturated carbocycles. The summed E-state index contributed by atoms with van der Waals surface area (Å²) in [5.74, 6) is -0.571. The first-order valence-corrected chi connectivity index (χ1v) is 4.39. The summed E-state index contributed by atoms with van der Waals surface area (Å²) in [6, 6.07) is 4.53. The smallest absolute Gasteiger partial charge is 0.337 e. The van der Waals surface area contributed by atoms with Gasteiger partial charge < -0.3 is 4.74 Å². The quantitative estimate of drug-likeness (QED) is 0.466. The van der Waals surface area contributed by atoms with E-state index >= 15 is 0 Å². The minimum absolute atomic E-state index is 0.130. The summed E-state index contributed by atoms with van der Waals surface area (Å²) in [6.45, 7) is 0. The number of methoxy groups -OCH3 is 1. The van der Waals surface area contributed by atoms with Crippen LogP contribution >= 0.6 is 12.6 Å². The lowest BCUT2D eigenvalue weighted by atomic mass is 10.1. The second-order valence-corrected chi connectivity index (χ2v) is 3.16. The van der Waals surface area contributed by atoms with Gasteiger partial charge >= 0.3 is 5.97 Å². The van der Waals surface area contributed by atoms with E-state index in [4.69, 9.17) is 5.26 Å². The van der Waals surface area contributed by atoms with Gasteiger partial charge in [-0.25, -0.2) is 4.79 Å². The molecule has 4 nitrogen and oxygen atoms in total. The highest BCUT2D eigenvalue weighted by Gasteiger charge is 2.12. The highest BCUT2D eigenvalue weighted by atomic mass is 32.1. The van der Waals surface area contributed by atoms with Crippen LogP contribution in [-0.4, -0.2) is 19.4 Å². The summed E-state index contributed by atoms with van der Waals surface area (Å²) < 4.78 is 4.49. The molecule has 0 saturated heterocycles. The van der Waals surface area contributed by atoms with Gasteiger partial charge in [-0.1, -0.05) is 0 Å². The molecule has 0 fully saturated rings. The van der Waals surface area contributed by atoms with Crippen molar-refractivity contribution in [2.45, 2.75) is 4.90 Å². The first-order valence-electron chi connectivity index (χ1n) is 3.94. The average Bonchev–Trinajstić information content (AvgIpc) is 2.26. The predicted octanol–water partition coefficient (Wildman–Crippen LogP) is 1.45. The maximum atomic E-state index is 11.2. The fourth-order valence-corrected chi connectivity index (χ4v) is 1.42. The Morgan fingerprint density at radius 2 is 2.27 bits per heavy atom.